The number of carbonyl (C=O) groups is 2. The second kappa shape index (κ2) is 14.4. The zero-order valence-electron chi connectivity index (χ0n) is 24.2. The molecule has 2 heterocycles. The van der Waals surface area contributed by atoms with E-state index in [0.717, 1.165) is 11.1 Å². The molecule has 0 unspecified atom stereocenters. The van der Waals surface area contributed by atoms with Crippen molar-refractivity contribution in [1.82, 2.24) is 10.2 Å². The first kappa shape index (κ1) is 33.2. The fraction of sp³-hybridized carbons (Fsp3) is 0.273. The van der Waals surface area contributed by atoms with E-state index in [-0.39, 0.29) is 72.0 Å². The van der Waals surface area contributed by atoms with Crippen LogP contribution in [-0.4, -0.2) is 84.8 Å². The fourth-order valence-corrected chi connectivity index (χ4v) is 5.69. The molecule has 1 saturated heterocycles. The maximum atomic E-state index is 13.8. The molecular weight excluding hydrogens is 588 g/mol. The van der Waals surface area contributed by atoms with Gasteiger partial charge in [-0.05, 0) is 31.9 Å². The number of likely N-dealkylation sites (tertiary alicyclic amines) is 1. The van der Waals surface area contributed by atoms with Gasteiger partial charge in [0.25, 0.3) is 5.69 Å². The second-order valence-electron chi connectivity index (χ2n) is 10.9. The van der Waals surface area contributed by atoms with Gasteiger partial charge in [0.1, 0.15) is 11.9 Å². The number of dihydropyridines is 1. The average Bonchev–Trinajstić information content (AvgIpc) is 2.96. The van der Waals surface area contributed by atoms with Gasteiger partial charge in [0.15, 0.2) is 0 Å². The standard InChI is InChI=1S/C33H34N4O6.Ca.2H/c1-20(2)42-32(38)27-21(3)35-31(34)29(28(27)25-16-10-11-17-26(25)37(40)41)33(39)43-24-18-36(19-24)30(22-12-6-4-7-13-22)23-14-8-5-9-15-23;;;/h4-17,20,24,28,30,35H,18-19,34H2,1-3H3;;;/t28-;;;/m0.../s1. The van der Waals surface area contributed by atoms with Crippen molar-refractivity contribution in [2.75, 3.05) is 13.1 Å². The van der Waals surface area contributed by atoms with Gasteiger partial charge in [-0.3, -0.25) is 15.0 Å². The number of ether oxygens (including phenoxy) is 2. The van der Waals surface area contributed by atoms with E-state index in [1.54, 1.807) is 26.8 Å². The van der Waals surface area contributed by atoms with E-state index in [1.807, 2.05) is 36.4 Å². The van der Waals surface area contributed by atoms with Crippen LogP contribution in [0.15, 0.2) is 108 Å². The van der Waals surface area contributed by atoms with Crippen molar-refractivity contribution in [3.05, 3.63) is 134 Å². The van der Waals surface area contributed by atoms with Crippen molar-refractivity contribution in [2.45, 2.75) is 44.9 Å². The monoisotopic (exact) mass is 624 g/mol. The Hall–Kier alpha value is -3.70. The van der Waals surface area contributed by atoms with Gasteiger partial charge in [0, 0.05) is 30.4 Å². The number of hydrogen-bond donors (Lipinski definition) is 2. The topological polar surface area (TPSA) is 137 Å². The maximum absolute atomic E-state index is 13.8. The van der Waals surface area contributed by atoms with Crippen LogP contribution in [0.4, 0.5) is 5.69 Å². The molecule has 2 aliphatic heterocycles. The summed E-state index contributed by atoms with van der Waals surface area (Å²) in [6.45, 7) is 5.95. The van der Waals surface area contributed by atoms with E-state index in [4.69, 9.17) is 15.2 Å². The van der Waals surface area contributed by atoms with Crippen LogP contribution in [0.5, 0.6) is 0 Å². The second-order valence-corrected chi connectivity index (χ2v) is 10.9. The van der Waals surface area contributed by atoms with Crippen molar-refractivity contribution < 1.29 is 24.0 Å². The number of nitro groups is 1. The number of hydrogen-bond acceptors (Lipinski definition) is 9. The summed E-state index contributed by atoms with van der Waals surface area (Å²) in [6.07, 6.45) is -0.909. The Bertz CT molecular complexity index is 1550. The van der Waals surface area contributed by atoms with Gasteiger partial charge in [0.2, 0.25) is 0 Å². The number of allylic oxidation sites excluding steroid dienone is 1. The van der Waals surface area contributed by atoms with Gasteiger partial charge in [-0.1, -0.05) is 78.9 Å². The molecule has 1 fully saturated rings. The Balaban J connectivity index is 0.00000442. The molecule has 0 spiro atoms. The number of esters is 2. The summed E-state index contributed by atoms with van der Waals surface area (Å²) in [5.41, 5.74) is 8.81. The number of benzene rings is 3. The number of para-hydroxylation sites is 1. The van der Waals surface area contributed by atoms with Crippen LogP contribution in [0.2, 0.25) is 0 Å². The minimum absolute atomic E-state index is 0. The first-order valence-corrected chi connectivity index (χ1v) is 14.1. The molecule has 11 heteroatoms. The van der Waals surface area contributed by atoms with Crippen molar-refractivity contribution in [3.63, 3.8) is 0 Å². The van der Waals surface area contributed by atoms with Crippen LogP contribution in [0.25, 0.3) is 0 Å². The molecule has 3 N–H and O–H groups in total. The van der Waals surface area contributed by atoms with E-state index in [0.29, 0.717) is 18.8 Å². The molecule has 226 valence electrons. The summed E-state index contributed by atoms with van der Waals surface area (Å²) in [5.74, 6) is -2.66. The molecule has 3 aromatic carbocycles. The molecule has 3 aromatic rings. The molecule has 44 heavy (non-hydrogen) atoms. The summed E-state index contributed by atoms with van der Waals surface area (Å²) in [7, 11) is 0. The molecule has 0 radical (unpaired) electrons. The summed E-state index contributed by atoms with van der Waals surface area (Å²) < 4.78 is 11.4. The van der Waals surface area contributed by atoms with Crippen LogP contribution < -0.4 is 11.1 Å². The Morgan fingerprint density at radius 2 is 1.45 bits per heavy atom. The van der Waals surface area contributed by atoms with E-state index in [9.17, 15) is 19.7 Å². The summed E-state index contributed by atoms with van der Waals surface area (Å²) in [5, 5.41) is 14.9. The fourth-order valence-electron chi connectivity index (χ4n) is 5.69. The van der Waals surface area contributed by atoms with Crippen LogP contribution in [0, 0.1) is 10.1 Å². The third-order valence-corrected chi connectivity index (χ3v) is 7.57. The SMILES string of the molecule is CC1=C(C(=O)OC(C)C)[C@H](c2ccccc2[N+](=O)[O-])C(C(=O)OC2CN(C(c3ccccc3)c3ccccc3)C2)=C(N)N1.[CaH2]. The van der Waals surface area contributed by atoms with Crippen LogP contribution in [0.3, 0.4) is 0 Å². The van der Waals surface area contributed by atoms with Gasteiger partial charge < -0.3 is 20.5 Å². The normalized spacial score (nSPS) is 17.1. The third kappa shape index (κ3) is 6.99. The molecule has 0 saturated carbocycles. The molecule has 5 rings (SSSR count). The van der Waals surface area contributed by atoms with Crippen LogP contribution in [0.1, 0.15) is 49.4 Å². The summed E-state index contributed by atoms with van der Waals surface area (Å²) >= 11 is 0. The summed E-state index contributed by atoms with van der Waals surface area (Å²) in [6, 6.07) is 26.1. The number of nitrogens with two attached hydrogens (primary N) is 1. The molecular formula is C33H36CaN4O6. The van der Waals surface area contributed by atoms with Crippen molar-refractivity contribution in [1.29, 1.82) is 0 Å². The van der Waals surface area contributed by atoms with Gasteiger partial charge >= 0.3 is 49.7 Å². The summed E-state index contributed by atoms with van der Waals surface area (Å²) in [4.78, 5) is 40.8. The van der Waals surface area contributed by atoms with E-state index in [2.05, 4.69) is 34.5 Å². The Kier molecular flexibility index (Phi) is 10.9. The molecule has 1 atom stereocenters. The van der Waals surface area contributed by atoms with E-state index < -0.39 is 35.0 Å². The van der Waals surface area contributed by atoms with Gasteiger partial charge in [-0.2, -0.15) is 0 Å². The predicted octanol–water partition coefficient (Wildman–Crippen LogP) is 3.78. The zero-order chi connectivity index (χ0) is 30.7. The molecule has 0 amide bonds. The van der Waals surface area contributed by atoms with E-state index in [1.165, 1.54) is 18.2 Å². The third-order valence-electron chi connectivity index (χ3n) is 7.57. The zero-order valence-corrected chi connectivity index (χ0v) is 24.2. The predicted molar refractivity (Wildman–Crippen MR) is 169 cm³/mol. The van der Waals surface area contributed by atoms with Gasteiger partial charge in [-0.25, -0.2) is 9.59 Å². The number of nitrogens with one attached hydrogen (secondary N) is 1. The first-order valence-electron chi connectivity index (χ1n) is 14.1. The van der Waals surface area contributed by atoms with Crippen molar-refractivity contribution in [3.8, 4) is 0 Å². The van der Waals surface area contributed by atoms with Crippen LogP contribution >= 0.6 is 0 Å². The Morgan fingerprint density at radius 1 is 0.909 bits per heavy atom. The molecule has 2 aliphatic rings. The number of nitro benzene ring substituents is 1. The van der Waals surface area contributed by atoms with Crippen molar-refractivity contribution in [2.24, 2.45) is 5.73 Å². The van der Waals surface area contributed by atoms with Gasteiger partial charge in [0.05, 0.1) is 34.1 Å². The number of carbonyl (C=O) groups excluding carboxylic acids is 2. The van der Waals surface area contributed by atoms with Crippen molar-refractivity contribution >= 4 is 55.4 Å². The van der Waals surface area contributed by atoms with E-state index >= 15 is 0 Å². The average molecular weight is 625 g/mol. The first-order chi connectivity index (χ1) is 20.7. The minimum atomic E-state index is -1.17. The molecule has 10 nitrogen and oxygen atoms in total. The van der Waals surface area contributed by atoms with Crippen LogP contribution in [-0.2, 0) is 19.1 Å². The number of nitrogens with zero attached hydrogens (tertiary/aromatic N) is 2. The Labute approximate surface area is 286 Å². The quantitative estimate of drug-likeness (QED) is 0.158. The molecule has 0 aliphatic carbocycles. The molecule has 0 aromatic heterocycles. The molecule has 0 bridgehead atoms. The Morgan fingerprint density at radius 3 is 2.00 bits per heavy atom. The number of rotatable bonds is 9. The van der Waals surface area contributed by atoms with Gasteiger partial charge in [-0.15, -0.1) is 0 Å².